The number of nitrogens with zero attached hydrogens (tertiary/aromatic N) is 5. The molecule has 9 nitrogen and oxygen atoms in total. The fourth-order valence-electron chi connectivity index (χ4n) is 3.65. The number of hydrogen-bond donors (Lipinski definition) is 2. The average Bonchev–Trinajstić information content (AvgIpc) is 3.30. The number of anilines is 2. The molecule has 3 N–H and O–H groups in total. The third-order valence-electron chi connectivity index (χ3n) is 4.96. The second-order valence-electron chi connectivity index (χ2n) is 6.94. The SMILES string of the molecule is Cc1cc(NC(=O)c2cnn3ccc(N)nc23)n(C2CCOc3ccccc32)n1. The molecule has 1 aliphatic heterocycles. The van der Waals surface area contributed by atoms with E-state index in [2.05, 4.69) is 20.5 Å². The van der Waals surface area contributed by atoms with Gasteiger partial charge in [-0.2, -0.15) is 10.2 Å². The molecule has 1 amide bonds. The van der Waals surface area contributed by atoms with Crippen LogP contribution in [0.5, 0.6) is 5.75 Å². The van der Waals surface area contributed by atoms with E-state index < -0.39 is 0 Å². The van der Waals surface area contributed by atoms with Crippen molar-refractivity contribution in [3.05, 3.63) is 65.6 Å². The number of nitrogens with two attached hydrogens (primary N) is 1. The number of ether oxygens (including phenoxy) is 1. The second kappa shape index (κ2) is 6.62. The second-order valence-corrected chi connectivity index (χ2v) is 6.94. The van der Waals surface area contributed by atoms with Crippen LogP contribution in [0.25, 0.3) is 5.65 Å². The first-order chi connectivity index (χ1) is 14.1. The van der Waals surface area contributed by atoms with Crippen LogP contribution in [0.1, 0.15) is 34.1 Å². The number of benzene rings is 1. The van der Waals surface area contributed by atoms with E-state index in [0.29, 0.717) is 29.5 Å². The number of rotatable bonds is 3. The monoisotopic (exact) mass is 389 g/mol. The average molecular weight is 389 g/mol. The van der Waals surface area contributed by atoms with E-state index in [1.54, 1.807) is 12.3 Å². The summed E-state index contributed by atoms with van der Waals surface area (Å²) in [5.74, 6) is 1.46. The molecule has 1 unspecified atom stereocenters. The maximum Gasteiger partial charge on any atom is 0.262 e. The van der Waals surface area contributed by atoms with Gasteiger partial charge < -0.3 is 15.8 Å². The summed E-state index contributed by atoms with van der Waals surface area (Å²) in [6.07, 6.45) is 3.91. The lowest BCUT2D eigenvalue weighted by Gasteiger charge is -2.27. The number of carbonyl (C=O) groups is 1. The van der Waals surface area contributed by atoms with E-state index in [9.17, 15) is 4.79 Å². The van der Waals surface area contributed by atoms with Gasteiger partial charge in [-0.1, -0.05) is 18.2 Å². The topological polar surface area (TPSA) is 112 Å². The van der Waals surface area contributed by atoms with Gasteiger partial charge in [-0.25, -0.2) is 14.2 Å². The number of hydrogen-bond acceptors (Lipinski definition) is 6. The summed E-state index contributed by atoms with van der Waals surface area (Å²) in [5.41, 5.74) is 8.37. The Bertz CT molecular complexity index is 1230. The van der Waals surface area contributed by atoms with Crippen molar-refractivity contribution in [2.24, 2.45) is 0 Å². The fraction of sp³-hybridized carbons (Fsp3) is 0.200. The van der Waals surface area contributed by atoms with Crippen molar-refractivity contribution in [1.82, 2.24) is 24.4 Å². The zero-order chi connectivity index (χ0) is 20.0. The first kappa shape index (κ1) is 17.2. The molecule has 9 heteroatoms. The quantitative estimate of drug-likeness (QED) is 0.557. The Morgan fingerprint density at radius 3 is 3.07 bits per heavy atom. The highest BCUT2D eigenvalue weighted by Gasteiger charge is 2.26. The lowest BCUT2D eigenvalue weighted by molar-refractivity contribution is 0.102. The largest absolute Gasteiger partial charge is 0.493 e. The number of nitrogen functional groups attached to an aromatic ring is 1. The molecule has 1 aliphatic rings. The molecule has 29 heavy (non-hydrogen) atoms. The molecule has 146 valence electrons. The van der Waals surface area contributed by atoms with Gasteiger partial charge in [-0.15, -0.1) is 0 Å². The molecule has 1 aromatic carbocycles. The Balaban J connectivity index is 1.50. The van der Waals surface area contributed by atoms with E-state index in [-0.39, 0.29) is 11.9 Å². The van der Waals surface area contributed by atoms with Gasteiger partial charge >= 0.3 is 0 Å². The number of aryl methyl sites for hydroxylation is 1. The lowest BCUT2D eigenvalue weighted by atomic mass is 10.0. The summed E-state index contributed by atoms with van der Waals surface area (Å²) in [6.45, 7) is 2.49. The van der Waals surface area contributed by atoms with Crippen LogP contribution < -0.4 is 15.8 Å². The van der Waals surface area contributed by atoms with Crippen LogP contribution in [-0.2, 0) is 0 Å². The van der Waals surface area contributed by atoms with Crippen LogP contribution in [0.15, 0.2) is 48.8 Å². The number of fused-ring (bicyclic) bond motifs is 2. The summed E-state index contributed by atoms with van der Waals surface area (Å²) in [5, 5.41) is 11.8. The van der Waals surface area contributed by atoms with Crippen LogP contribution in [0.3, 0.4) is 0 Å². The van der Waals surface area contributed by atoms with Crippen LogP contribution >= 0.6 is 0 Å². The van der Waals surface area contributed by atoms with Crippen molar-refractivity contribution in [3.8, 4) is 5.75 Å². The molecule has 0 fully saturated rings. The van der Waals surface area contributed by atoms with Gasteiger partial charge in [-0.05, 0) is 19.1 Å². The molecule has 4 heterocycles. The van der Waals surface area contributed by atoms with Crippen molar-refractivity contribution >= 4 is 23.2 Å². The van der Waals surface area contributed by atoms with Crippen molar-refractivity contribution in [3.63, 3.8) is 0 Å². The maximum absolute atomic E-state index is 13.0. The summed E-state index contributed by atoms with van der Waals surface area (Å²) in [4.78, 5) is 17.2. The summed E-state index contributed by atoms with van der Waals surface area (Å²) < 4.78 is 9.13. The molecule has 3 aromatic heterocycles. The molecular formula is C20H19N7O2. The van der Waals surface area contributed by atoms with E-state index in [0.717, 1.165) is 23.4 Å². The standard InChI is InChI=1S/C20H19N7O2/c1-12-10-18(24-20(28)14-11-22-26-8-6-17(21)23-19(14)26)27(25-12)15-7-9-29-16-5-3-2-4-13(15)16/h2-6,8,10-11,15H,7,9H2,1H3,(H2,21,23)(H,24,28). The minimum atomic E-state index is -0.320. The van der Waals surface area contributed by atoms with Crippen LogP contribution in [-0.4, -0.2) is 36.9 Å². The van der Waals surface area contributed by atoms with Gasteiger partial charge in [0.2, 0.25) is 0 Å². The van der Waals surface area contributed by atoms with Crippen LogP contribution in [0, 0.1) is 6.92 Å². The number of aromatic nitrogens is 5. The Labute approximate surface area is 166 Å². The van der Waals surface area contributed by atoms with Crippen LogP contribution in [0.2, 0.25) is 0 Å². The molecule has 0 saturated carbocycles. The molecule has 0 bridgehead atoms. The Morgan fingerprint density at radius 1 is 1.31 bits per heavy atom. The first-order valence-corrected chi connectivity index (χ1v) is 9.29. The Kier molecular flexibility index (Phi) is 3.94. The van der Waals surface area contributed by atoms with E-state index in [1.807, 2.05) is 41.9 Å². The summed E-state index contributed by atoms with van der Waals surface area (Å²) in [7, 11) is 0. The minimum absolute atomic E-state index is 0.0263. The van der Waals surface area contributed by atoms with Crippen molar-refractivity contribution < 1.29 is 9.53 Å². The Hall–Kier alpha value is -3.88. The van der Waals surface area contributed by atoms with Gasteiger partial charge in [0.05, 0.1) is 24.5 Å². The molecule has 1 atom stereocenters. The number of nitrogens with one attached hydrogen (secondary N) is 1. The number of para-hydroxylation sites is 1. The molecule has 4 aromatic rings. The summed E-state index contributed by atoms with van der Waals surface area (Å²) in [6, 6.07) is 11.4. The lowest BCUT2D eigenvalue weighted by Crippen LogP contribution is -2.24. The predicted octanol–water partition coefficient (Wildman–Crippen LogP) is 2.44. The molecule has 0 radical (unpaired) electrons. The Morgan fingerprint density at radius 2 is 2.17 bits per heavy atom. The molecular weight excluding hydrogens is 370 g/mol. The fourth-order valence-corrected chi connectivity index (χ4v) is 3.65. The zero-order valence-electron chi connectivity index (χ0n) is 15.7. The van der Waals surface area contributed by atoms with Crippen molar-refractivity contribution in [1.29, 1.82) is 0 Å². The normalized spacial score (nSPS) is 15.7. The highest BCUT2D eigenvalue weighted by atomic mass is 16.5. The van der Waals surface area contributed by atoms with Gasteiger partial charge in [0.1, 0.15) is 22.9 Å². The van der Waals surface area contributed by atoms with E-state index >= 15 is 0 Å². The van der Waals surface area contributed by atoms with Gasteiger partial charge in [0.25, 0.3) is 5.91 Å². The first-order valence-electron chi connectivity index (χ1n) is 9.29. The van der Waals surface area contributed by atoms with Crippen molar-refractivity contribution in [2.75, 3.05) is 17.7 Å². The van der Waals surface area contributed by atoms with Gasteiger partial charge in [-0.3, -0.25) is 4.79 Å². The maximum atomic E-state index is 13.0. The van der Waals surface area contributed by atoms with Crippen LogP contribution in [0.4, 0.5) is 11.6 Å². The van der Waals surface area contributed by atoms with Gasteiger partial charge in [0, 0.05) is 24.2 Å². The zero-order valence-corrected chi connectivity index (χ0v) is 15.7. The number of amides is 1. The summed E-state index contributed by atoms with van der Waals surface area (Å²) >= 11 is 0. The highest BCUT2D eigenvalue weighted by molar-refractivity contribution is 6.07. The number of carbonyl (C=O) groups excluding carboxylic acids is 1. The smallest absolute Gasteiger partial charge is 0.262 e. The molecule has 5 rings (SSSR count). The molecule has 0 aliphatic carbocycles. The van der Waals surface area contributed by atoms with E-state index in [1.165, 1.54) is 10.7 Å². The van der Waals surface area contributed by atoms with Gasteiger partial charge in [0.15, 0.2) is 5.65 Å². The molecule has 0 saturated heterocycles. The molecule has 0 spiro atoms. The van der Waals surface area contributed by atoms with E-state index in [4.69, 9.17) is 10.5 Å². The third-order valence-corrected chi connectivity index (χ3v) is 4.96. The minimum Gasteiger partial charge on any atom is -0.493 e. The predicted molar refractivity (Wildman–Crippen MR) is 107 cm³/mol. The third kappa shape index (κ3) is 2.96. The highest BCUT2D eigenvalue weighted by Crippen LogP contribution is 2.36. The van der Waals surface area contributed by atoms with Crippen molar-refractivity contribution in [2.45, 2.75) is 19.4 Å².